The van der Waals surface area contributed by atoms with Crippen LogP contribution in [0, 0.1) is 0 Å². The number of nitrogens with zero attached hydrogens (tertiary/aromatic N) is 1. The van der Waals surface area contributed by atoms with Gasteiger partial charge in [0.2, 0.25) is 0 Å². The molecule has 0 amide bonds. The predicted molar refractivity (Wildman–Crippen MR) is 80.6 cm³/mol. The highest BCUT2D eigenvalue weighted by Gasteiger charge is 2.16. The average molecular weight is 311 g/mol. The normalized spacial score (nSPS) is 11.6. The van der Waals surface area contributed by atoms with E-state index in [1.165, 1.54) is 6.20 Å². The summed E-state index contributed by atoms with van der Waals surface area (Å²) in [5.41, 5.74) is 1.35. The van der Waals surface area contributed by atoms with Gasteiger partial charge in [-0.25, -0.2) is 13.4 Å². The van der Waals surface area contributed by atoms with E-state index in [9.17, 15) is 8.42 Å². The van der Waals surface area contributed by atoms with E-state index < -0.39 is 10.0 Å². The highest BCUT2D eigenvalue weighted by Crippen LogP contribution is 2.23. The Morgan fingerprint density at radius 1 is 1.15 bits per heavy atom. The fourth-order valence-corrected chi connectivity index (χ4v) is 2.99. The fraction of sp³-hybridized carbons (Fsp3) is 0.214. The molecule has 0 aliphatic rings. The number of nitrogens with one attached hydrogen (secondary N) is 1. The third-order valence-corrected chi connectivity index (χ3v) is 4.54. The minimum atomic E-state index is -3.65. The zero-order valence-corrected chi connectivity index (χ0v) is 12.7. The summed E-state index contributed by atoms with van der Waals surface area (Å²) in [6, 6.07) is 9.97. The topological polar surface area (TPSA) is 59.1 Å². The molecule has 0 bridgehead atoms. The van der Waals surface area contributed by atoms with E-state index in [0.29, 0.717) is 5.92 Å². The minimum Gasteiger partial charge on any atom is -0.276 e. The quantitative estimate of drug-likeness (QED) is 0.877. The van der Waals surface area contributed by atoms with E-state index in [-0.39, 0.29) is 15.7 Å². The monoisotopic (exact) mass is 310 g/mol. The molecule has 0 aliphatic carbocycles. The van der Waals surface area contributed by atoms with Crippen LogP contribution in [0.2, 0.25) is 5.15 Å². The lowest BCUT2D eigenvalue weighted by Gasteiger charge is -2.10. The lowest BCUT2D eigenvalue weighted by atomic mass is 10.0. The van der Waals surface area contributed by atoms with Crippen molar-refractivity contribution >= 4 is 27.3 Å². The molecule has 1 heterocycles. The number of pyridine rings is 1. The smallest absolute Gasteiger partial charge is 0.261 e. The molecule has 0 aliphatic heterocycles. The van der Waals surface area contributed by atoms with Gasteiger partial charge in [0, 0.05) is 6.20 Å². The number of hydrogen-bond donors (Lipinski definition) is 1. The van der Waals surface area contributed by atoms with Crippen molar-refractivity contribution in [3.8, 4) is 0 Å². The number of aromatic nitrogens is 1. The van der Waals surface area contributed by atoms with Crippen LogP contribution in [0.25, 0.3) is 0 Å². The van der Waals surface area contributed by atoms with Crippen molar-refractivity contribution in [2.75, 3.05) is 4.72 Å². The van der Waals surface area contributed by atoms with Crippen molar-refractivity contribution < 1.29 is 8.42 Å². The molecule has 20 heavy (non-hydrogen) atoms. The number of benzene rings is 1. The van der Waals surface area contributed by atoms with Gasteiger partial charge in [-0.15, -0.1) is 0 Å². The highest BCUT2D eigenvalue weighted by atomic mass is 35.5. The molecule has 0 fully saturated rings. The molecule has 0 unspecified atom stereocenters. The van der Waals surface area contributed by atoms with Crippen LogP contribution in [0.15, 0.2) is 47.5 Å². The number of anilines is 1. The summed E-state index contributed by atoms with van der Waals surface area (Å²) in [6.45, 7) is 4.11. The molecule has 4 nitrogen and oxygen atoms in total. The number of halogens is 1. The van der Waals surface area contributed by atoms with Gasteiger partial charge in [-0.3, -0.25) is 4.72 Å². The Kier molecular flexibility index (Phi) is 4.30. The molecule has 6 heteroatoms. The van der Waals surface area contributed by atoms with Crippen LogP contribution in [0.5, 0.6) is 0 Å². The van der Waals surface area contributed by atoms with Crippen LogP contribution in [-0.2, 0) is 10.0 Å². The molecular weight excluding hydrogens is 296 g/mol. The zero-order chi connectivity index (χ0) is 14.8. The summed E-state index contributed by atoms with van der Waals surface area (Å²) in [4.78, 5) is 4.03. The predicted octanol–water partition coefficient (Wildman–Crippen LogP) is 3.66. The zero-order valence-electron chi connectivity index (χ0n) is 11.2. The standard InChI is InChI=1S/C14H15ClN2O2S/c1-10(2)11-5-7-12(8-6-11)20(18,19)17-13-4-3-9-16-14(13)15/h3-10,17H,1-2H3. The van der Waals surface area contributed by atoms with Gasteiger partial charge in [0.15, 0.2) is 5.15 Å². The summed E-state index contributed by atoms with van der Waals surface area (Å²) >= 11 is 5.85. The molecule has 1 aromatic carbocycles. The summed E-state index contributed by atoms with van der Waals surface area (Å²) in [6.07, 6.45) is 1.50. The molecule has 0 saturated heterocycles. The lowest BCUT2D eigenvalue weighted by molar-refractivity contribution is 0.601. The maximum absolute atomic E-state index is 12.2. The first-order chi connectivity index (χ1) is 9.40. The Bertz CT molecular complexity index is 697. The van der Waals surface area contributed by atoms with E-state index in [2.05, 4.69) is 23.6 Å². The third-order valence-electron chi connectivity index (χ3n) is 2.86. The van der Waals surface area contributed by atoms with Crippen molar-refractivity contribution in [2.45, 2.75) is 24.7 Å². The van der Waals surface area contributed by atoms with Gasteiger partial charge < -0.3 is 0 Å². The summed E-state index contributed by atoms with van der Waals surface area (Å²) < 4.78 is 26.9. The Labute approximate surface area is 123 Å². The second-order valence-corrected chi connectivity index (χ2v) is 6.71. The fourth-order valence-electron chi connectivity index (χ4n) is 1.70. The van der Waals surface area contributed by atoms with Crippen molar-refractivity contribution in [2.24, 2.45) is 0 Å². The summed E-state index contributed by atoms with van der Waals surface area (Å²) in [5, 5.41) is 0.120. The van der Waals surface area contributed by atoms with Gasteiger partial charge in [0.05, 0.1) is 10.6 Å². The molecule has 0 radical (unpaired) electrons. The van der Waals surface area contributed by atoms with Gasteiger partial charge in [-0.2, -0.15) is 0 Å². The van der Waals surface area contributed by atoms with E-state index in [0.717, 1.165) is 5.56 Å². The molecule has 1 N–H and O–H groups in total. The van der Waals surface area contributed by atoms with Crippen molar-refractivity contribution in [1.82, 2.24) is 4.98 Å². The first-order valence-electron chi connectivity index (χ1n) is 6.13. The SMILES string of the molecule is CC(C)c1ccc(S(=O)(=O)Nc2cccnc2Cl)cc1. The number of sulfonamides is 1. The van der Waals surface area contributed by atoms with E-state index in [1.807, 2.05) is 12.1 Å². The number of hydrogen-bond acceptors (Lipinski definition) is 3. The summed E-state index contributed by atoms with van der Waals surface area (Å²) in [5.74, 6) is 0.354. The third kappa shape index (κ3) is 3.29. The second-order valence-electron chi connectivity index (χ2n) is 4.67. The molecule has 0 saturated carbocycles. The van der Waals surface area contributed by atoms with Gasteiger partial charge in [-0.1, -0.05) is 37.6 Å². The lowest BCUT2D eigenvalue weighted by Crippen LogP contribution is -2.13. The Hall–Kier alpha value is -1.59. The molecule has 106 valence electrons. The van der Waals surface area contributed by atoms with Crippen LogP contribution in [0.1, 0.15) is 25.3 Å². The summed E-state index contributed by atoms with van der Waals surface area (Å²) in [7, 11) is -3.65. The number of rotatable bonds is 4. The van der Waals surface area contributed by atoms with Gasteiger partial charge in [-0.05, 0) is 35.7 Å². The first-order valence-corrected chi connectivity index (χ1v) is 7.99. The molecule has 2 rings (SSSR count). The van der Waals surface area contributed by atoms with E-state index >= 15 is 0 Å². The largest absolute Gasteiger partial charge is 0.276 e. The Morgan fingerprint density at radius 2 is 1.80 bits per heavy atom. The molecule has 0 atom stereocenters. The molecule has 0 spiro atoms. The van der Waals surface area contributed by atoms with Gasteiger partial charge >= 0.3 is 0 Å². The van der Waals surface area contributed by atoms with Gasteiger partial charge in [0.25, 0.3) is 10.0 Å². The van der Waals surface area contributed by atoms with Crippen molar-refractivity contribution in [3.05, 3.63) is 53.3 Å². The highest BCUT2D eigenvalue weighted by molar-refractivity contribution is 7.92. The Morgan fingerprint density at radius 3 is 2.35 bits per heavy atom. The molecule has 1 aromatic heterocycles. The minimum absolute atomic E-state index is 0.120. The van der Waals surface area contributed by atoms with Crippen LogP contribution in [0.3, 0.4) is 0 Å². The second kappa shape index (κ2) is 5.81. The van der Waals surface area contributed by atoms with E-state index in [1.54, 1.807) is 24.3 Å². The van der Waals surface area contributed by atoms with Crippen molar-refractivity contribution in [1.29, 1.82) is 0 Å². The van der Waals surface area contributed by atoms with Crippen LogP contribution < -0.4 is 4.72 Å². The maximum atomic E-state index is 12.2. The molecule has 2 aromatic rings. The van der Waals surface area contributed by atoms with Crippen molar-refractivity contribution in [3.63, 3.8) is 0 Å². The van der Waals surface area contributed by atoms with E-state index in [4.69, 9.17) is 11.6 Å². The average Bonchev–Trinajstić information content (AvgIpc) is 2.41. The van der Waals surface area contributed by atoms with Crippen LogP contribution >= 0.6 is 11.6 Å². The van der Waals surface area contributed by atoms with Crippen LogP contribution in [0.4, 0.5) is 5.69 Å². The van der Waals surface area contributed by atoms with Crippen LogP contribution in [-0.4, -0.2) is 13.4 Å². The first kappa shape index (κ1) is 14.8. The van der Waals surface area contributed by atoms with Gasteiger partial charge in [0.1, 0.15) is 0 Å². The Balaban J connectivity index is 2.29. The molecular formula is C14H15ClN2O2S. The maximum Gasteiger partial charge on any atom is 0.261 e.